The SMILES string of the molecule is COc1ccc2c(c1OC)C(=O)OC2NNC(N)=S. The van der Waals surface area contributed by atoms with Crippen molar-refractivity contribution < 1.29 is 19.0 Å². The van der Waals surface area contributed by atoms with Gasteiger partial charge >= 0.3 is 5.97 Å². The average molecular weight is 283 g/mol. The molecular weight excluding hydrogens is 270 g/mol. The third-order valence-corrected chi connectivity index (χ3v) is 2.72. The van der Waals surface area contributed by atoms with Crippen LogP contribution in [-0.2, 0) is 4.74 Å². The predicted molar refractivity (Wildman–Crippen MR) is 70.8 cm³/mol. The summed E-state index contributed by atoms with van der Waals surface area (Å²) in [6, 6.07) is 3.40. The number of fused-ring (bicyclic) bond motifs is 1. The van der Waals surface area contributed by atoms with Crippen LogP contribution in [0.2, 0.25) is 0 Å². The van der Waals surface area contributed by atoms with E-state index in [0.29, 0.717) is 22.6 Å². The van der Waals surface area contributed by atoms with Crippen LogP contribution < -0.4 is 26.1 Å². The topological polar surface area (TPSA) is 94.8 Å². The first-order valence-electron chi connectivity index (χ1n) is 5.35. The van der Waals surface area contributed by atoms with Gasteiger partial charge in [0, 0.05) is 5.56 Å². The van der Waals surface area contributed by atoms with Crippen molar-refractivity contribution in [1.82, 2.24) is 10.9 Å². The molecule has 1 aliphatic heterocycles. The van der Waals surface area contributed by atoms with Gasteiger partial charge in [0.25, 0.3) is 0 Å². The summed E-state index contributed by atoms with van der Waals surface area (Å²) in [5.41, 5.74) is 11.5. The number of nitrogens with one attached hydrogen (secondary N) is 2. The van der Waals surface area contributed by atoms with E-state index in [0.717, 1.165) is 0 Å². The zero-order valence-electron chi connectivity index (χ0n) is 10.4. The summed E-state index contributed by atoms with van der Waals surface area (Å²) in [4.78, 5) is 11.9. The van der Waals surface area contributed by atoms with Crippen molar-refractivity contribution in [3.63, 3.8) is 0 Å². The maximum atomic E-state index is 11.9. The van der Waals surface area contributed by atoms with Gasteiger partial charge in [0.2, 0.25) is 0 Å². The molecule has 0 bridgehead atoms. The highest BCUT2D eigenvalue weighted by molar-refractivity contribution is 7.80. The number of carbonyl (C=O) groups excluding carboxylic acids is 1. The molecule has 1 atom stereocenters. The Bertz CT molecular complexity index is 535. The molecule has 19 heavy (non-hydrogen) atoms. The molecule has 1 unspecified atom stereocenters. The molecule has 1 aliphatic rings. The Balaban J connectivity index is 2.37. The smallest absolute Gasteiger partial charge is 0.344 e. The normalized spacial score (nSPS) is 16.5. The van der Waals surface area contributed by atoms with Crippen LogP contribution in [0, 0.1) is 0 Å². The fourth-order valence-electron chi connectivity index (χ4n) is 1.84. The van der Waals surface area contributed by atoms with Gasteiger partial charge in [-0.1, -0.05) is 0 Å². The Labute approximate surface area is 115 Å². The quantitative estimate of drug-likeness (QED) is 0.410. The van der Waals surface area contributed by atoms with E-state index >= 15 is 0 Å². The van der Waals surface area contributed by atoms with Crippen molar-refractivity contribution in [3.05, 3.63) is 23.3 Å². The van der Waals surface area contributed by atoms with Crippen LogP contribution >= 0.6 is 12.2 Å². The van der Waals surface area contributed by atoms with Crippen molar-refractivity contribution in [2.24, 2.45) is 5.73 Å². The minimum Gasteiger partial charge on any atom is -0.493 e. The first kappa shape index (κ1) is 13.4. The molecule has 0 fully saturated rings. The monoisotopic (exact) mass is 283 g/mol. The Hall–Kier alpha value is -2.06. The Morgan fingerprint density at radius 3 is 2.74 bits per heavy atom. The van der Waals surface area contributed by atoms with Crippen molar-refractivity contribution >= 4 is 23.3 Å². The van der Waals surface area contributed by atoms with E-state index in [-0.39, 0.29) is 5.11 Å². The standard InChI is InChI=1S/C11H13N3O4S/c1-16-6-4-3-5-7(8(6)17-2)10(15)18-9(5)13-14-11(12)19/h3-4,9,13H,1-2H3,(H3,12,14,19). The predicted octanol–water partition coefficient (Wildman–Crippen LogP) is 0.211. The lowest BCUT2D eigenvalue weighted by molar-refractivity contribution is 0.0287. The highest BCUT2D eigenvalue weighted by Gasteiger charge is 2.35. The molecule has 0 spiro atoms. The molecule has 1 aromatic carbocycles. The lowest BCUT2D eigenvalue weighted by Gasteiger charge is -2.14. The number of cyclic esters (lactones) is 1. The second-order valence-electron chi connectivity index (χ2n) is 3.68. The van der Waals surface area contributed by atoms with E-state index in [2.05, 4.69) is 23.1 Å². The van der Waals surface area contributed by atoms with Crippen molar-refractivity contribution in [2.45, 2.75) is 6.23 Å². The van der Waals surface area contributed by atoms with Gasteiger partial charge in [-0.15, -0.1) is 0 Å². The third kappa shape index (κ3) is 2.40. The summed E-state index contributed by atoms with van der Waals surface area (Å²) in [6.45, 7) is 0. The van der Waals surface area contributed by atoms with Gasteiger partial charge in [0.05, 0.1) is 14.2 Å². The Kier molecular flexibility index (Phi) is 3.72. The van der Waals surface area contributed by atoms with Crippen LogP contribution in [0.4, 0.5) is 0 Å². The minimum absolute atomic E-state index is 0.0463. The first-order valence-corrected chi connectivity index (χ1v) is 5.76. The van der Waals surface area contributed by atoms with Gasteiger partial charge in [0.15, 0.2) is 22.8 Å². The van der Waals surface area contributed by atoms with Crippen LogP contribution in [-0.4, -0.2) is 25.3 Å². The lowest BCUT2D eigenvalue weighted by atomic mass is 10.1. The molecule has 2 rings (SSSR count). The summed E-state index contributed by atoms with van der Waals surface area (Å²) in [5, 5.41) is 0.0463. The molecule has 0 aliphatic carbocycles. The third-order valence-electron chi connectivity index (χ3n) is 2.62. The van der Waals surface area contributed by atoms with Crippen LogP contribution in [0.25, 0.3) is 0 Å². The summed E-state index contributed by atoms with van der Waals surface area (Å²) < 4.78 is 15.5. The molecule has 0 aromatic heterocycles. The minimum atomic E-state index is -0.691. The van der Waals surface area contributed by atoms with Crippen molar-refractivity contribution in [2.75, 3.05) is 14.2 Å². The van der Waals surface area contributed by atoms with E-state index in [4.69, 9.17) is 19.9 Å². The second kappa shape index (κ2) is 5.29. The number of nitrogens with two attached hydrogens (primary N) is 1. The summed E-state index contributed by atoms with van der Waals surface area (Å²) in [5.74, 6) is 0.291. The fraction of sp³-hybridized carbons (Fsp3) is 0.273. The number of thiocarbonyl (C=S) groups is 1. The zero-order valence-corrected chi connectivity index (χ0v) is 11.2. The summed E-state index contributed by atoms with van der Waals surface area (Å²) in [6.07, 6.45) is -0.691. The maximum absolute atomic E-state index is 11.9. The van der Waals surface area contributed by atoms with Gasteiger partial charge in [-0.3, -0.25) is 5.43 Å². The molecule has 4 N–H and O–H groups in total. The molecule has 0 saturated carbocycles. The summed E-state index contributed by atoms with van der Waals surface area (Å²) >= 11 is 4.67. The molecule has 1 heterocycles. The average Bonchev–Trinajstić information content (AvgIpc) is 2.72. The van der Waals surface area contributed by atoms with E-state index in [1.165, 1.54) is 14.2 Å². The highest BCUT2D eigenvalue weighted by atomic mass is 32.1. The number of rotatable bonds is 4. The number of hydrogen-bond donors (Lipinski definition) is 3. The number of methoxy groups -OCH3 is 2. The van der Waals surface area contributed by atoms with Gasteiger partial charge < -0.3 is 19.9 Å². The first-order chi connectivity index (χ1) is 9.08. The van der Waals surface area contributed by atoms with Crippen molar-refractivity contribution in [3.8, 4) is 11.5 Å². The lowest BCUT2D eigenvalue weighted by Crippen LogP contribution is -2.42. The molecule has 0 saturated heterocycles. The van der Waals surface area contributed by atoms with Gasteiger partial charge in [-0.2, -0.15) is 5.43 Å². The van der Waals surface area contributed by atoms with Gasteiger partial charge in [-0.05, 0) is 24.4 Å². The maximum Gasteiger partial charge on any atom is 0.344 e. The number of carbonyl (C=O) groups is 1. The van der Waals surface area contributed by atoms with Gasteiger partial charge in [-0.25, -0.2) is 4.79 Å². The van der Waals surface area contributed by atoms with Gasteiger partial charge in [0.1, 0.15) is 5.56 Å². The van der Waals surface area contributed by atoms with E-state index < -0.39 is 12.2 Å². The molecule has 0 radical (unpaired) electrons. The van der Waals surface area contributed by atoms with Crippen LogP contribution in [0.1, 0.15) is 22.1 Å². The fourth-order valence-corrected chi connectivity index (χ4v) is 1.90. The molecular formula is C11H13N3O4S. The van der Waals surface area contributed by atoms with E-state index in [1.807, 2.05) is 0 Å². The number of ether oxygens (including phenoxy) is 3. The number of hydrogen-bond acceptors (Lipinski definition) is 6. The van der Waals surface area contributed by atoms with E-state index in [1.54, 1.807) is 12.1 Å². The van der Waals surface area contributed by atoms with Crippen LogP contribution in [0.3, 0.4) is 0 Å². The molecule has 1 aromatic rings. The van der Waals surface area contributed by atoms with Crippen LogP contribution in [0.15, 0.2) is 12.1 Å². The molecule has 102 valence electrons. The largest absolute Gasteiger partial charge is 0.493 e. The number of benzene rings is 1. The Morgan fingerprint density at radius 2 is 2.16 bits per heavy atom. The molecule has 0 amide bonds. The van der Waals surface area contributed by atoms with E-state index in [9.17, 15) is 4.79 Å². The molecule has 8 heteroatoms. The number of esters is 1. The summed E-state index contributed by atoms with van der Waals surface area (Å²) in [7, 11) is 2.95. The Morgan fingerprint density at radius 1 is 1.42 bits per heavy atom. The van der Waals surface area contributed by atoms with Crippen LogP contribution in [0.5, 0.6) is 11.5 Å². The molecule has 7 nitrogen and oxygen atoms in total. The second-order valence-corrected chi connectivity index (χ2v) is 4.12. The van der Waals surface area contributed by atoms with Crippen molar-refractivity contribution in [1.29, 1.82) is 0 Å². The highest BCUT2D eigenvalue weighted by Crippen LogP contribution is 2.40. The number of hydrazine groups is 1. The zero-order chi connectivity index (χ0) is 14.0.